The number of benzene rings is 2. The molecular weight excluding hydrogens is 326 g/mol. The van der Waals surface area contributed by atoms with Crippen LogP contribution in [0.15, 0.2) is 60.7 Å². The molecule has 1 aliphatic heterocycles. The standard InChI is InChI=1S/C22H21NO3/c1-14-6-10-17(11-7-14)26-18-12-8-16(9-13-18)23-21(24)19-5-3-4-15(2)20(19)22(23)25/h3-4,6-13,15,19-20H,5H2,1-2H3/t15-,19-,20-/m1/s1. The highest BCUT2D eigenvalue weighted by molar-refractivity contribution is 6.22. The van der Waals surface area contributed by atoms with E-state index >= 15 is 0 Å². The molecule has 26 heavy (non-hydrogen) atoms. The second-order valence-electron chi connectivity index (χ2n) is 7.08. The van der Waals surface area contributed by atoms with Crippen molar-refractivity contribution in [2.24, 2.45) is 17.8 Å². The highest BCUT2D eigenvalue weighted by Crippen LogP contribution is 2.40. The van der Waals surface area contributed by atoms with Crippen molar-refractivity contribution in [2.45, 2.75) is 20.3 Å². The Morgan fingerprint density at radius 3 is 2.15 bits per heavy atom. The number of amides is 2. The van der Waals surface area contributed by atoms with Crippen LogP contribution in [0.3, 0.4) is 0 Å². The fourth-order valence-electron chi connectivity index (χ4n) is 3.81. The van der Waals surface area contributed by atoms with Crippen molar-refractivity contribution < 1.29 is 14.3 Å². The van der Waals surface area contributed by atoms with E-state index in [2.05, 4.69) is 0 Å². The van der Waals surface area contributed by atoms with E-state index in [4.69, 9.17) is 4.74 Å². The minimum absolute atomic E-state index is 0.0935. The average Bonchev–Trinajstić information content (AvgIpc) is 2.90. The number of anilines is 1. The summed E-state index contributed by atoms with van der Waals surface area (Å²) in [6.07, 6.45) is 4.69. The van der Waals surface area contributed by atoms with Crippen molar-refractivity contribution in [1.29, 1.82) is 0 Å². The average molecular weight is 347 g/mol. The number of rotatable bonds is 3. The van der Waals surface area contributed by atoms with Gasteiger partial charge < -0.3 is 4.74 Å². The van der Waals surface area contributed by atoms with Crippen molar-refractivity contribution in [1.82, 2.24) is 0 Å². The highest BCUT2D eigenvalue weighted by atomic mass is 16.5. The van der Waals surface area contributed by atoms with Gasteiger partial charge in [0.2, 0.25) is 11.8 Å². The van der Waals surface area contributed by atoms with E-state index < -0.39 is 0 Å². The first-order chi connectivity index (χ1) is 12.5. The third-order valence-electron chi connectivity index (χ3n) is 5.22. The lowest BCUT2D eigenvalue weighted by Gasteiger charge is -2.22. The number of ether oxygens (including phenoxy) is 1. The van der Waals surface area contributed by atoms with E-state index in [1.807, 2.05) is 50.3 Å². The van der Waals surface area contributed by atoms with Crippen LogP contribution in [0.4, 0.5) is 5.69 Å². The van der Waals surface area contributed by atoms with Gasteiger partial charge in [0.05, 0.1) is 17.5 Å². The van der Waals surface area contributed by atoms with Crippen molar-refractivity contribution in [3.8, 4) is 11.5 Å². The molecule has 2 aliphatic rings. The van der Waals surface area contributed by atoms with Gasteiger partial charge in [-0.15, -0.1) is 0 Å². The molecule has 2 aromatic carbocycles. The quantitative estimate of drug-likeness (QED) is 0.607. The lowest BCUT2D eigenvalue weighted by molar-refractivity contribution is -0.122. The molecule has 4 heteroatoms. The Bertz CT molecular complexity index is 867. The Kier molecular flexibility index (Phi) is 4.11. The lowest BCUT2D eigenvalue weighted by atomic mass is 9.78. The molecule has 2 amide bonds. The van der Waals surface area contributed by atoms with Gasteiger partial charge in [-0.3, -0.25) is 14.5 Å². The maximum atomic E-state index is 12.8. The number of hydrogen-bond acceptors (Lipinski definition) is 3. The molecule has 0 unspecified atom stereocenters. The minimum Gasteiger partial charge on any atom is -0.457 e. The molecule has 1 saturated heterocycles. The van der Waals surface area contributed by atoms with E-state index in [0.717, 1.165) is 5.75 Å². The summed E-state index contributed by atoms with van der Waals surface area (Å²) in [7, 11) is 0. The molecular formula is C22H21NO3. The third-order valence-corrected chi connectivity index (χ3v) is 5.22. The largest absolute Gasteiger partial charge is 0.457 e. The zero-order valence-electron chi connectivity index (χ0n) is 14.9. The van der Waals surface area contributed by atoms with Crippen LogP contribution in [0.1, 0.15) is 18.9 Å². The number of nitrogens with zero attached hydrogens (tertiary/aromatic N) is 1. The Balaban J connectivity index is 1.54. The van der Waals surface area contributed by atoms with Crippen LogP contribution < -0.4 is 9.64 Å². The highest BCUT2D eigenvalue weighted by Gasteiger charge is 2.50. The minimum atomic E-state index is -0.240. The number of hydrogen-bond donors (Lipinski definition) is 0. The van der Waals surface area contributed by atoms with Crippen molar-refractivity contribution >= 4 is 17.5 Å². The van der Waals surface area contributed by atoms with Crippen molar-refractivity contribution in [2.75, 3.05) is 4.90 Å². The second-order valence-corrected chi connectivity index (χ2v) is 7.08. The van der Waals surface area contributed by atoms with E-state index in [1.165, 1.54) is 10.5 Å². The zero-order chi connectivity index (χ0) is 18.3. The summed E-state index contributed by atoms with van der Waals surface area (Å²) >= 11 is 0. The van der Waals surface area contributed by atoms with E-state index in [1.54, 1.807) is 24.3 Å². The topological polar surface area (TPSA) is 46.6 Å². The van der Waals surface area contributed by atoms with Crippen molar-refractivity contribution in [3.63, 3.8) is 0 Å². The number of allylic oxidation sites excluding steroid dienone is 2. The molecule has 0 N–H and O–H groups in total. The Labute approximate surface area is 153 Å². The molecule has 1 aliphatic carbocycles. The molecule has 4 rings (SSSR count). The predicted octanol–water partition coefficient (Wildman–Crippen LogP) is 4.49. The molecule has 132 valence electrons. The van der Waals surface area contributed by atoms with Gasteiger partial charge in [-0.2, -0.15) is 0 Å². The molecule has 0 aromatic heterocycles. The number of imide groups is 1. The van der Waals surface area contributed by atoms with E-state index in [0.29, 0.717) is 17.9 Å². The number of aryl methyl sites for hydroxylation is 1. The number of carbonyl (C=O) groups is 2. The van der Waals surface area contributed by atoms with Gasteiger partial charge in [0, 0.05) is 0 Å². The molecule has 2 aromatic rings. The molecule has 4 nitrogen and oxygen atoms in total. The van der Waals surface area contributed by atoms with Crippen LogP contribution in [0.2, 0.25) is 0 Å². The normalized spacial score (nSPS) is 24.7. The first-order valence-corrected chi connectivity index (χ1v) is 8.93. The number of fused-ring (bicyclic) bond motifs is 1. The Hall–Kier alpha value is -2.88. The third kappa shape index (κ3) is 2.81. The first kappa shape index (κ1) is 16.6. The van der Waals surface area contributed by atoms with Gasteiger partial charge in [-0.25, -0.2) is 0 Å². The fourth-order valence-corrected chi connectivity index (χ4v) is 3.81. The van der Waals surface area contributed by atoms with Gasteiger partial charge in [0.1, 0.15) is 11.5 Å². The summed E-state index contributed by atoms with van der Waals surface area (Å²) < 4.78 is 5.82. The maximum absolute atomic E-state index is 12.8. The summed E-state index contributed by atoms with van der Waals surface area (Å²) in [4.78, 5) is 26.9. The van der Waals surface area contributed by atoms with Gasteiger partial charge >= 0.3 is 0 Å². The van der Waals surface area contributed by atoms with Crippen LogP contribution in [0.25, 0.3) is 0 Å². The predicted molar refractivity (Wildman–Crippen MR) is 100 cm³/mol. The first-order valence-electron chi connectivity index (χ1n) is 8.93. The maximum Gasteiger partial charge on any atom is 0.238 e. The molecule has 1 fully saturated rings. The molecule has 1 heterocycles. The molecule has 0 spiro atoms. The van der Waals surface area contributed by atoms with Crippen LogP contribution in [0, 0.1) is 24.7 Å². The molecule has 3 atom stereocenters. The molecule has 0 saturated carbocycles. The Morgan fingerprint density at radius 2 is 1.54 bits per heavy atom. The van der Waals surface area contributed by atoms with Crippen molar-refractivity contribution in [3.05, 3.63) is 66.2 Å². The number of carbonyl (C=O) groups excluding carboxylic acids is 2. The Morgan fingerprint density at radius 1 is 0.923 bits per heavy atom. The summed E-state index contributed by atoms with van der Waals surface area (Å²) in [5.41, 5.74) is 1.78. The van der Waals surface area contributed by atoms with Gasteiger partial charge in [-0.1, -0.05) is 36.8 Å². The van der Waals surface area contributed by atoms with Crippen LogP contribution in [-0.2, 0) is 9.59 Å². The summed E-state index contributed by atoms with van der Waals surface area (Å²) in [5, 5.41) is 0. The zero-order valence-corrected chi connectivity index (χ0v) is 14.9. The SMILES string of the molecule is Cc1ccc(Oc2ccc(N3C(=O)[C@@H]4[C@H](C)C=CC[C@H]4C3=O)cc2)cc1. The summed E-state index contributed by atoms with van der Waals surface area (Å²) in [6, 6.07) is 14.9. The molecule has 0 radical (unpaired) electrons. The smallest absolute Gasteiger partial charge is 0.238 e. The van der Waals surface area contributed by atoms with Crippen LogP contribution in [-0.4, -0.2) is 11.8 Å². The van der Waals surface area contributed by atoms with E-state index in [-0.39, 0.29) is 29.6 Å². The van der Waals surface area contributed by atoms with E-state index in [9.17, 15) is 9.59 Å². The monoisotopic (exact) mass is 347 g/mol. The lowest BCUT2D eigenvalue weighted by Crippen LogP contribution is -2.31. The fraction of sp³-hybridized carbons (Fsp3) is 0.273. The summed E-state index contributed by atoms with van der Waals surface area (Å²) in [6.45, 7) is 4.02. The van der Waals surface area contributed by atoms with Gasteiger partial charge in [0.25, 0.3) is 0 Å². The van der Waals surface area contributed by atoms with Crippen LogP contribution in [0.5, 0.6) is 11.5 Å². The van der Waals surface area contributed by atoms with Gasteiger partial charge in [0.15, 0.2) is 0 Å². The van der Waals surface area contributed by atoms with Gasteiger partial charge in [-0.05, 0) is 55.7 Å². The second kappa shape index (κ2) is 6.45. The van der Waals surface area contributed by atoms with Crippen LogP contribution >= 0.6 is 0 Å². The molecule has 0 bridgehead atoms. The summed E-state index contributed by atoms with van der Waals surface area (Å²) in [5.74, 6) is 0.862.